The Morgan fingerprint density at radius 3 is 2.66 bits per heavy atom. The largest absolute Gasteiger partial charge is 0.493 e. The number of carbonyl (C=O) groups is 2. The number of ether oxygens (including phenoxy) is 3. The highest BCUT2D eigenvalue weighted by Crippen LogP contribution is 2.37. The first-order valence-electron chi connectivity index (χ1n) is 9.91. The molecule has 0 bridgehead atoms. The van der Waals surface area contributed by atoms with E-state index in [1.54, 1.807) is 31.6 Å². The maximum atomic E-state index is 13.0. The number of hydrogen-bond acceptors (Lipinski definition) is 8. The molecule has 3 heterocycles. The van der Waals surface area contributed by atoms with Gasteiger partial charge in [0, 0.05) is 6.42 Å². The molecule has 0 N–H and O–H groups in total. The molecule has 1 unspecified atom stereocenters. The van der Waals surface area contributed by atoms with Gasteiger partial charge in [-0.2, -0.15) is 16.4 Å². The fourth-order valence-corrected chi connectivity index (χ4v) is 4.86. The minimum atomic E-state index is -0.443. The maximum Gasteiger partial charge on any atom is 0.310 e. The van der Waals surface area contributed by atoms with Gasteiger partial charge < -0.3 is 14.2 Å². The van der Waals surface area contributed by atoms with Gasteiger partial charge in [-0.05, 0) is 51.5 Å². The van der Waals surface area contributed by atoms with Crippen molar-refractivity contribution in [3.8, 4) is 11.5 Å². The monoisotopic (exact) mass is 470 g/mol. The number of hydrogen-bond donors (Lipinski definition) is 0. The Bertz CT molecular complexity index is 1110. The third-order valence-electron chi connectivity index (χ3n) is 5.05. The molecule has 0 spiro atoms. The third-order valence-corrected chi connectivity index (χ3v) is 6.70. The average Bonchev–Trinajstić information content (AvgIpc) is 3.58. The zero-order valence-electron chi connectivity index (χ0n) is 17.6. The van der Waals surface area contributed by atoms with Gasteiger partial charge in [-0.15, -0.1) is 11.3 Å². The van der Waals surface area contributed by atoms with E-state index in [9.17, 15) is 9.59 Å². The zero-order chi connectivity index (χ0) is 22.5. The lowest BCUT2D eigenvalue weighted by atomic mass is 10.0. The number of benzene rings is 1. The molecule has 1 atom stereocenters. The fraction of sp³-hybridized carbons (Fsp3) is 0.261. The van der Waals surface area contributed by atoms with Crippen LogP contribution in [-0.2, 0) is 20.7 Å². The summed E-state index contributed by atoms with van der Waals surface area (Å²) < 4.78 is 16.0. The van der Waals surface area contributed by atoms with Crippen molar-refractivity contribution in [3.63, 3.8) is 0 Å². The number of thiophene rings is 2. The van der Waals surface area contributed by atoms with Gasteiger partial charge in [0.15, 0.2) is 18.1 Å². The highest BCUT2D eigenvalue weighted by atomic mass is 32.1. The summed E-state index contributed by atoms with van der Waals surface area (Å²) in [6, 6.07) is 11.0. The Morgan fingerprint density at radius 2 is 1.97 bits per heavy atom. The normalized spacial score (nSPS) is 15.4. The molecule has 0 radical (unpaired) electrons. The van der Waals surface area contributed by atoms with Gasteiger partial charge in [0.25, 0.3) is 5.91 Å². The fourth-order valence-electron chi connectivity index (χ4n) is 3.47. The topological polar surface area (TPSA) is 77.4 Å². The van der Waals surface area contributed by atoms with Crippen LogP contribution in [0.4, 0.5) is 0 Å². The standard InChI is InChI=1S/C23H22N2O5S2/c1-28-19-6-5-16(11-20(19)29-2)18-12-17(21-4-3-8-32-21)24-25(18)22(26)13-30-23(27)10-15-7-9-31-14-15/h3-9,11,14,18H,10,12-13H2,1-2H3. The maximum absolute atomic E-state index is 13.0. The van der Waals surface area contributed by atoms with Crippen molar-refractivity contribution in [2.24, 2.45) is 5.10 Å². The first-order chi connectivity index (χ1) is 15.6. The minimum Gasteiger partial charge on any atom is -0.493 e. The first-order valence-corrected chi connectivity index (χ1v) is 11.7. The number of amides is 1. The number of carbonyl (C=O) groups excluding carboxylic acids is 2. The van der Waals surface area contributed by atoms with Gasteiger partial charge in [-0.1, -0.05) is 12.1 Å². The van der Waals surface area contributed by atoms with Gasteiger partial charge in [-0.25, -0.2) is 5.01 Å². The summed E-state index contributed by atoms with van der Waals surface area (Å²) in [7, 11) is 3.14. The van der Waals surface area contributed by atoms with E-state index < -0.39 is 5.97 Å². The van der Waals surface area contributed by atoms with Gasteiger partial charge in [0.1, 0.15) is 0 Å². The molecule has 4 rings (SSSR count). The van der Waals surface area contributed by atoms with E-state index in [0.29, 0.717) is 17.9 Å². The van der Waals surface area contributed by atoms with Crippen molar-refractivity contribution >= 4 is 40.3 Å². The van der Waals surface area contributed by atoms with Gasteiger partial charge in [0.2, 0.25) is 0 Å². The smallest absolute Gasteiger partial charge is 0.310 e. The minimum absolute atomic E-state index is 0.138. The molecule has 3 aromatic rings. The Balaban J connectivity index is 1.53. The Kier molecular flexibility index (Phi) is 6.87. The lowest BCUT2D eigenvalue weighted by Gasteiger charge is -2.22. The van der Waals surface area contributed by atoms with E-state index in [1.165, 1.54) is 16.3 Å². The van der Waals surface area contributed by atoms with Crippen molar-refractivity contribution in [2.45, 2.75) is 18.9 Å². The predicted octanol–water partition coefficient (Wildman–Crippen LogP) is 4.29. The first kappa shape index (κ1) is 22.0. The highest BCUT2D eigenvalue weighted by Gasteiger charge is 2.34. The van der Waals surface area contributed by atoms with E-state index in [1.807, 2.05) is 46.5 Å². The van der Waals surface area contributed by atoms with Crippen LogP contribution in [0.2, 0.25) is 0 Å². The molecule has 9 heteroatoms. The molecule has 1 aliphatic heterocycles. The summed E-state index contributed by atoms with van der Waals surface area (Å²) in [5.74, 6) is 0.356. The van der Waals surface area contributed by atoms with Gasteiger partial charge in [-0.3, -0.25) is 9.59 Å². The molecule has 0 saturated heterocycles. The average molecular weight is 471 g/mol. The van der Waals surface area contributed by atoms with E-state index in [0.717, 1.165) is 21.7 Å². The molecule has 1 aliphatic rings. The molecule has 2 aromatic heterocycles. The van der Waals surface area contributed by atoms with Crippen LogP contribution in [0.25, 0.3) is 0 Å². The van der Waals surface area contributed by atoms with Crippen LogP contribution in [0.3, 0.4) is 0 Å². The van der Waals surface area contributed by atoms with E-state index in [2.05, 4.69) is 5.10 Å². The zero-order valence-corrected chi connectivity index (χ0v) is 19.3. The summed E-state index contributed by atoms with van der Waals surface area (Å²) in [4.78, 5) is 26.2. The van der Waals surface area contributed by atoms with E-state index in [4.69, 9.17) is 14.2 Å². The third kappa shape index (κ3) is 4.84. The Morgan fingerprint density at radius 1 is 1.12 bits per heavy atom. The van der Waals surface area contributed by atoms with Crippen molar-refractivity contribution in [3.05, 3.63) is 68.5 Å². The van der Waals surface area contributed by atoms with Crippen molar-refractivity contribution in [1.82, 2.24) is 5.01 Å². The van der Waals surface area contributed by atoms with Crippen LogP contribution in [0.1, 0.15) is 28.5 Å². The van der Waals surface area contributed by atoms with Crippen LogP contribution in [0, 0.1) is 0 Å². The van der Waals surface area contributed by atoms with Gasteiger partial charge in [0.05, 0.1) is 37.3 Å². The summed E-state index contributed by atoms with van der Waals surface area (Å²) >= 11 is 3.08. The van der Waals surface area contributed by atoms with Crippen LogP contribution in [0.15, 0.2) is 57.6 Å². The lowest BCUT2D eigenvalue weighted by molar-refractivity contribution is -0.152. The number of nitrogens with zero attached hydrogens (tertiary/aromatic N) is 2. The number of methoxy groups -OCH3 is 2. The highest BCUT2D eigenvalue weighted by molar-refractivity contribution is 7.12. The van der Waals surface area contributed by atoms with Crippen molar-refractivity contribution in [2.75, 3.05) is 20.8 Å². The summed E-state index contributed by atoms with van der Waals surface area (Å²) in [5, 5.41) is 11.8. The molecule has 0 saturated carbocycles. The predicted molar refractivity (Wildman–Crippen MR) is 124 cm³/mol. The van der Waals surface area contributed by atoms with Gasteiger partial charge >= 0.3 is 5.97 Å². The van der Waals surface area contributed by atoms with Crippen LogP contribution in [-0.4, -0.2) is 43.4 Å². The number of esters is 1. The summed E-state index contributed by atoms with van der Waals surface area (Å²) in [5.41, 5.74) is 2.54. The molecule has 7 nitrogen and oxygen atoms in total. The number of hydrazone groups is 1. The second kappa shape index (κ2) is 9.97. The Hall–Kier alpha value is -3.17. The number of rotatable bonds is 8. The molecule has 1 amide bonds. The molecule has 0 aliphatic carbocycles. The quantitative estimate of drug-likeness (QED) is 0.459. The van der Waals surface area contributed by atoms with Crippen molar-refractivity contribution < 1.29 is 23.8 Å². The molecule has 0 fully saturated rings. The SMILES string of the molecule is COc1ccc(C2CC(c3cccs3)=NN2C(=O)COC(=O)Cc2ccsc2)cc1OC. The lowest BCUT2D eigenvalue weighted by Crippen LogP contribution is -2.31. The molecular formula is C23H22N2O5S2. The summed E-state index contributed by atoms with van der Waals surface area (Å²) in [6.07, 6.45) is 0.685. The van der Waals surface area contributed by atoms with Crippen molar-refractivity contribution in [1.29, 1.82) is 0 Å². The molecule has 166 valence electrons. The second-order valence-corrected chi connectivity index (χ2v) is 8.79. The van der Waals surface area contributed by atoms with E-state index in [-0.39, 0.29) is 25.0 Å². The second-order valence-electron chi connectivity index (χ2n) is 7.07. The molecular weight excluding hydrogens is 448 g/mol. The molecule has 32 heavy (non-hydrogen) atoms. The molecule has 1 aromatic carbocycles. The summed E-state index contributed by atoms with van der Waals surface area (Å²) in [6.45, 7) is -0.367. The van der Waals surface area contributed by atoms with Crippen LogP contribution >= 0.6 is 22.7 Å². The van der Waals surface area contributed by atoms with Crippen LogP contribution < -0.4 is 9.47 Å². The van der Waals surface area contributed by atoms with Crippen LogP contribution in [0.5, 0.6) is 11.5 Å². The Labute approximate surface area is 193 Å². The van der Waals surface area contributed by atoms with E-state index >= 15 is 0 Å².